The van der Waals surface area contributed by atoms with Gasteiger partial charge in [0.15, 0.2) is 0 Å². The Bertz CT molecular complexity index is 503. The van der Waals surface area contributed by atoms with E-state index < -0.39 is 0 Å². The van der Waals surface area contributed by atoms with Crippen LogP contribution in [0, 0.1) is 5.92 Å². The second-order valence-corrected chi connectivity index (χ2v) is 5.74. The average molecular weight is 268 g/mol. The molecule has 0 bridgehead atoms. The second-order valence-electron chi connectivity index (χ2n) is 5.74. The Morgan fingerprint density at radius 2 is 1.30 bits per heavy atom. The molecule has 0 radical (unpaired) electrons. The molecule has 106 valence electrons. The zero-order valence-corrected chi connectivity index (χ0v) is 12.6. The Kier molecular flexibility index (Phi) is 5.05. The van der Waals surface area contributed by atoms with Gasteiger partial charge in [0.2, 0.25) is 0 Å². The van der Waals surface area contributed by atoms with E-state index in [0.29, 0.717) is 6.04 Å². The molecule has 2 rings (SSSR count). The molecule has 1 atom stereocenters. The van der Waals surface area contributed by atoms with Crippen LogP contribution in [-0.4, -0.2) is 6.04 Å². The topological polar surface area (TPSA) is 24.1 Å². The molecule has 0 fully saturated rings. The highest BCUT2D eigenvalue weighted by atomic mass is 14.9. The molecule has 0 aliphatic heterocycles. The SMILES string of the molecule is CC(C)CC(C)Nc1ccc(Nc2ccccc2)cc1. The van der Waals surface area contributed by atoms with Crippen molar-refractivity contribution in [2.45, 2.75) is 33.2 Å². The number of hydrogen-bond acceptors (Lipinski definition) is 2. The standard InChI is InChI=1S/C18H24N2/c1-14(2)13-15(3)19-17-9-11-18(12-10-17)20-16-7-5-4-6-8-16/h4-12,14-15,19-20H,13H2,1-3H3. The van der Waals surface area contributed by atoms with Crippen LogP contribution in [0.3, 0.4) is 0 Å². The summed E-state index contributed by atoms with van der Waals surface area (Å²) in [4.78, 5) is 0. The number of hydrogen-bond donors (Lipinski definition) is 2. The molecule has 2 N–H and O–H groups in total. The zero-order valence-electron chi connectivity index (χ0n) is 12.6. The molecule has 2 nitrogen and oxygen atoms in total. The molecule has 2 heteroatoms. The molecule has 0 spiro atoms. The predicted molar refractivity (Wildman–Crippen MR) is 88.7 cm³/mol. The third kappa shape index (κ3) is 4.61. The van der Waals surface area contributed by atoms with Crippen molar-refractivity contribution in [3.8, 4) is 0 Å². The Morgan fingerprint density at radius 3 is 1.90 bits per heavy atom. The van der Waals surface area contributed by atoms with Crippen LogP contribution in [0.15, 0.2) is 54.6 Å². The van der Waals surface area contributed by atoms with Gasteiger partial charge in [0.1, 0.15) is 0 Å². The minimum absolute atomic E-state index is 0.503. The third-order valence-corrected chi connectivity index (χ3v) is 3.19. The van der Waals surface area contributed by atoms with Gasteiger partial charge in [-0.2, -0.15) is 0 Å². The van der Waals surface area contributed by atoms with Crippen molar-refractivity contribution in [3.63, 3.8) is 0 Å². The lowest BCUT2D eigenvalue weighted by atomic mass is 10.1. The van der Waals surface area contributed by atoms with Crippen LogP contribution in [0.1, 0.15) is 27.2 Å². The van der Waals surface area contributed by atoms with E-state index >= 15 is 0 Å². The summed E-state index contributed by atoms with van der Waals surface area (Å²) in [5.74, 6) is 0.719. The summed E-state index contributed by atoms with van der Waals surface area (Å²) >= 11 is 0. The first kappa shape index (κ1) is 14.4. The molecule has 0 aliphatic carbocycles. The minimum atomic E-state index is 0.503. The Labute approximate surface area is 122 Å². The summed E-state index contributed by atoms with van der Waals surface area (Å²) in [7, 11) is 0. The third-order valence-electron chi connectivity index (χ3n) is 3.19. The van der Waals surface area contributed by atoms with E-state index in [1.165, 1.54) is 12.1 Å². The van der Waals surface area contributed by atoms with Crippen molar-refractivity contribution in [1.82, 2.24) is 0 Å². The summed E-state index contributed by atoms with van der Waals surface area (Å²) in [6.07, 6.45) is 1.18. The summed E-state index contributed by atoms with van der Waals surface area (Å²) in [5.41, 5.74) is 3.40. The van der Waals surface area contributed by atoms with Gasteiger partial charge in [0.25, 0.3) is 0 Å². The van der Waals surface area contributed by atoms with Gasteiger partial charge in [-0.25, -0.2) is 0 Å². The van der Waals surface area contributed by atoms with Gasteiger partial charge in [0, 0.05) is 23.1 Å². The highest BCUT2D eigenvalue weighted by Gasteiger charge is 2.04. The van der Waals surface area contributed by atoms with E-state index in [2.05, 4.69) is 67.8 Å². The largest absolute Gasteiger partial charge is 0.383 e. The maximum Gasteiger partial charge on any atom is 0.0385 e. The molecular weight excluding hydrogens is 244 g/mol. The molecule has 1 unspecified atom stereocenters. The second kappa shape index (κ2) is 6.99. The highest BCUT2D eigenvalue weighted by molar-refractivity contribution is 5.62. The first-order chi connectivity index (χ1) is 9.63. The number of nitrogens with one attached hydrogen (secondary N) is 2. The van der Waals surface area contributed by atoms with E-state index in [1.54, 1.807) is 0 Å². The molecule has 20 heavy (non-hydrogen) atoms. The van der Waals surface area contributed by atoms with E-state index in [9.17, 15) is 0 Å². The van der Waals surface area contributed by atoms with E-state index in [1.807, 2.05) is 18.2 Å². The molecule has 0 heterocycles. The van der Waals surface area contributed by atoms with Crippen molar-refractivity contribution >= 4 is 17.1 Å². The van der Waals surface area contributed by atoms with Gasteiger partial charge >= 0.3 is 0 Å². The predicted octanol–water partition coefficient (Wildman–Crippen LogP) is 5.28. The van der Waals surface area contributed by atoms with Crippen LogP contribution in [-0.2, 0) is 0 Å². The lowest BCUT2D eigenvalue weighted by Crippen LogP contribution is -2.17. The lowest BCUT2D eigenvalue weighted by molar-refractivity contribution is 0.540. The van der Waals surface area contributed by atoms with Crippen LogP contribution >= 0.6 is 0 Å². The fraction of sp³-hybridized carbons (Fsp3) is 0.333. The maximum absolute atomic E-state index is 3.54. The van der Waals surface area contributed by atoms with E-state index in [0.717, 1.165) is 17.3 Å². The van der Waals surface area contributed by atoms with Crippen LogP contribution in [0.5, 0.6) is 0 Å². The van der Waals surface area contributed by atoms with E-state index in [4.69, 9.17) is 0 Å². The van der Waals surface area contributed by atoms with Crippen molar-refractivity contribution in [2.75, 3.05) is 10.6 Å². The monoisotopic (exact) mass is 268 g/mol. The smallest absolute Gasteiger partial charge is 0.0385 e. The summed E-state index contributed by atoms with van der Waals surface area (Å²) in [5, 5.41) is 6.93. The Hall–Kier alpha value is -1.96. The van der Waals surface area contributed by atoms with Crippen LogP contribution in [0.2, 0.25) is 0 Å². The van der Waals surface area contributed by atoms with Gasteiger partial charge in [-0.3, -0.25) is 0 Å². The van der Waals surface area contributed by atoms with Gasteiger partial charge < -0.3 is 10.6 Å². The van der Waals surface area contributed by atoms with E-state index in [-0.39, 0.29) is 0 Å². The van der Waals surface area contributed by atoms with Crippen molar-refractivity contribution in [2.24, 2.45) is 5.92 Å². The van der Waals surface area contributed by atoms with Crippen LogP contribution in [0.25, 0.3) is 0 Å². The van der Waals surface area contributed by atoms with Crippen molar-refractivity contribution in [3.05, 3.63) is 54.6 Å². The number of para-hydroxylation sites is 1. The highest BCUT2D eigenvalue weighted by Crippen LogP contribution is 2.19. The van der Waals surface area contributed by atoms with Gasteiger partial charge in [-0.1, -0.05) is 32.0 Å². The summed E-state index contributed by atoms with van der Waals surface area (Å²) < 4.78 is 0. The summed E-state index contributed by atoms with van der Waals surface area (Å²) in [6, 6.07) is 19.2. The van der Waals surface area contributed by atoms with Gasteiger partial charge in [0.05, 0.1) is 0 Å². The molecule has 0 saturated heterocycles. The molecular formula is C18H24N2. The quantitative estimate of drug-likeness (QED) is 0.745. The van der Waals surface area contributed by atoms with Gasteiger partial charge in [-0.05, 0) is 55.7 Å². The number of benzene rings is 2. The summed E-state index contributed by atoms with van der Waals surface area (Å²) in [6.45, 7) is 6.74. The lowest BCUT2D eigenvalue weighted by Gasteiger charge is -2.17. The first-order valence-corrected chi connectivity index (χ1v) is 7.32. The van der Waals surface area contributed by atoms with Crippen molar-refractivity contribution < 1.29 is 0 Å². The Balaban J connectivity index is 1.93. The average Bonchev–Trinajstić information content (AvgIpc) is 2.41. The molecule has 2 aromatic carbocycles. The fourth-order valence-electron chi connectivity index (χ4n) is 2.39. The number of rotatable bonds is 6. The molecule has 2 aromatic rings. The maximum atomic E-state index is 3.54. The zero-order chi connectivity index (χ0) is 14.4. The molecule has 0 aliphatic rings. The first-order valence-electron chi connectivity index (χ1n) is 7.32. The van der Waals surface area contributed by atoms with Crippen LogP contribution < -0.4 is 10.6 Å². The number of anilines is 3. The molecule has 0 saturated carbocycles. The molecule has 0 aromatic heterocycles. The molecule has 0 amide bonds. The van der Waals surface area contributed by atoms with Gasteiger partial charge in [-0.15, -0.1) is 0 Å². The van der Waals surface area contributed by atoms with Crippen LogP contribution in [0.4, 0.5) is 17.1 Å². The normalized spacial score (nSPS) is 12.2. The Morgan fingerprint density at radius 1 is 0.750 bits per heavy atom. The minimum Gasteiger partial charge on any atom is -0.383 e. The fourth-order valence-corrected chi connectivity index (χ4v) is 2.39. The van der Waals surface area contributed by atoms with Crippen molar-refractivity contribution in [1.29, 1.82) is 0 Å².